The highest BCUT2D eigenvalue weighted by molar-refractivity contribution is 5.97. The van der Waals surface area contributed by atoms with Gasteiger partial charge in [0, 0.05) is 24.3 Å². The van der Waals surface area contributed by atoms with Crippen molar-refractivity contribution < 1.29 is 23.5 Å². The second-order valence-corrected chi connectivity index (χ2v) is 6.28. The number of morpholine rings is 1. The van der Waals surface area contributed by atoms with Gasteiger partial charge < -0.3 is 19.7 Å². The van der Waals surface area contributed by atoms with E-state index in [0.717, 1.165) is 0 Å². The van der Waals surface area contributed by atoms with Crippen molar-refractivity contribution >= 4 is 17.5 Å². The van der Waals surface area contributed by atoms with Gasteiger partial charge in [-0.3, -0.25) is 9.59 Å². The Hall–Kier alpha value is -2.93. The van der Waals surface area contributed by atoms with E-state index < -0.39 is 11.7 Å². The van der Waals surface area contributed by atoms with Gasteiger partial charge in [-0.15, -0.1) is 0 Å². The fraction of sp³-hybridized carbons (Fsp3) is 0.300. The standard InChI is InChI=1S/C20H21FN2O4/c1-14-12-23(9-10-26-14)20(25)15-5-4-6-16(11-15)22-19(24)13-27-18-8-3-2-7-17(18)21/h2-8,11,14H,9-10,12-13H2,1H3,(H,22,24). The van der Waals surface area contributed by atoms with Crippen LogP contribution in [0.15, 0.2) is 48.5 Å². The van der Waals surface area contributed by atoms with E-state index in [2.05, 4.69) is 5.32 Å². The number of hydrogen-bond donors (Lipinski definition) is 1. The maximum absolute atomic E-state index is 13.5. The molecule has 1 saturated heterocycles. The molecule has 1 aliphatic rings. The molecular formula is C20H21FN2O4. The lowest BCUT2D eigenvalue weighted by atomic mass is 10.1. The molecule has 2 amide bonds. The van der Waals surface area contributed by atoms with Gasteiger partial charge in [0.15, 0.2) is 18.2 Å². The molecule has 1 atom stereocenters. The molecule has 2 aromatic rings. The molecule has 7 heteroatoms. The van der Waals surface area contributed by atoms with Crippen LogP contribution in [0.1, 0.15) is 17.3 Å². The molecular weight excluding hydrogens is 351 g/mol. The van der Waals surface area contributed by atoms with Gasteiger partial charge in [0.05, 0.1) is 12.7 Å². The second-order valence-electron chi connectivity index (χ2n) is 6.28. The van der Waals surface area contributed by atoms with Crippen LogP contribution < -0.4 is 10.1 Å². The number of carbonyl (C=O) groups is 2. The van der Waals surface area contributed by atoms with Gasteiger partial charge in [-0.05, 0) is 37.3 Å². The third kappa shape index (κ3) is 5.04. The Kier molecular flexibility index (Phi) is 6.03. The Morgan fingerprint density at radius 3 is 2.85 bits per heavy atom. The Bertz CT molecular complexity index is 827. The maximum Gasteiger partial charge on any atom is 0.262 e. The zero-order valence-corrected chi connectivity index (χ0v) is 15.0. The molecule has 1 unspecified atom stereocenters. The zero-order chi connectivity index (χ0) is 19.2. The summed E-state index contributed by atoms with van der Waals surface area (Å²) < 4.78 is 24.1. The number of anilines is 1. The number of ether oxygens (including phenoxy) is 2. The SMILES string of the molecule is CC1CN(C(=O)c2cccc(NC(=O)COc3ccccc3F)c2)CCO1. The number of amides is 2. The smallest absolute Gasteiger partial charge is 0.262 e. The predicted octanol–water partition coefficient (Wildman–Crippen LogP) is 2.70. The lowest BCUT2D eigenvalue weighted by Gasteiger charge is -2.31. The number of carbonyl (C=O) groups excluding carboxylic acids is 2. The molecule has 27 heavy (non-hydrogen) atoms. The number of hydrogen-bond acceptors (Lipinski definition) is 4. The summed E-state index contributed by atoms with van der Waals surface area (Å²) in [7, 11) is 0. The summed E-state index contributed by atoms with van der Waals surface area (Å²) >= 11 is 0. The monoisotopic (exact) mass is 372 g/mol. The third-order valence-electron chi connectivity index (χ3n) is 4.12. The molecule has 1 N–H and O–H groups in total. The first kappa shape index (κ1) is 18.8. The molecule has 6 nitrogen and oxygen atoms in total. The fourth-order valence-corrected chi connectivity index (χ4v) is 2.82. The lowest BCUT2D eigenvalue weighted by Crippen LogP contribution is -2.44. The molecule has 0 radical (unpaired) electrons. The van der Waals surface area contributed by atoms with Gasteiger partial charge in [0.25, 0.3) is 11.8 Å². The van der Waals surface area contributed by atoms with Gasteiger partial charge in [-0.1, -0.05) is 18.2 Å². The summed E-state index contributed by atoms with van der Waals surface area (Å²) in [5.41, 5.74) is 0.959. The minimum absolute atomic E-state index is 0.00103. The minimum Gasteiger partial charge on any atom is -0.481 e. The molecule has 0 saturated carbocycles. The van der Waals surface area contributed by atoms with Gasteiger partial charge in [0.1, 0.15) is 0 Å². The van der Waals surface area contributed by atoms with Gasteiger partial charge >= 0.3 is 0 Å². The van der Waals surface area contributed by atoms with Crippen LogP contribution in [0.4, 0.5) is 10.1 Å². The summed E-state index contributed by atoms with van der Waals surface area (Å²) in [4.78, 5) is 26.4. The van der Waals surface area contributed by atoms with Crippen molar-refractivity contribution in [1.82, 2.24) is 4.90 Å². The van der Waals surface area contributed by atoms with Gasteiger partial charge in [-0.25, -0.2) is 4.39 Å². The number of nitrogens with one attached hydrogen (secondary N) is 1. The molecule has 0 aliphatic carbocycles. The van der Waals surface area contributed by atoms with Crippen LogP contribution >= 0.6 is 0 Å². The molecule has 2 aromatic carbocycles. The van der Waals surface area contributed by atoms with Gasteiger partial charge in [0.2, 0.25) is 0 Å². The van der Waals surface area contributed by atoms with Crippen LogP contribution in [-0.4, -0.2) is 49.1 Å². The molecule has 0 aromatic heterocycles. The molecule has 142 valence electrons. The average Bonchev–Trinajstić information content (AvgIpc) is 2.67. The van der Waals surface area contributed by atoms with Gasteiger partial charge in [-0.2, -0.15) is 0 Å². The van der Waals surface area contributed by atoms with Crippen molar-refractivity contribution in [3.63, 3.8) is 0 Å². The summed E-state index contributed by atoms with van der Waals surface area (Å²) in [5.74, 6) is -1.07. The van der Waals surface area contributed by atoms with E-state index in [1.165, 1.54) is 12.1 Å². The van der Waals surface area contributed by atoms with Crippen molar-refractivity contribution in [3.8, 4) is 5.75 Å². The lowest BCUT2D eigenvalue weighted by molar-refractivity contribution is -0.118. The molecule has 1 fully saturated rings. The van der Waals surface area contributed by atoms with E-state index >= 15 is 0 Å². The van der Waals surface area contributed by atoms with Crippen LogP contribution in [-0.2, 0) is 9.53 Å². The molecule has 0 spiro atoms. The summed E-state index contributed by atoms with van der Waals surface area (Å²) in [6.07, 6.45) is 0.00103. The Morgan fingerprint density at radius 2 is 2.07 bits per heavy atom. The van der Waals surface area contributed by atoms with Crippen LogP contribution in [0.3, 0.4) is 0 Å². The Balaban J connectivity index is 1.59. The first-order chi connectivity index (χ1) is 13.0. The first-order valence-electron chi connectivity index (χ1n) is 8.71. The third-order valence-corrected chi connectivity index (χ3v) is 4.12. The van der Waals surface area contributed by atoms with Crippen molar-refractivity contribution in [2.24, 2.45) is 0 Å². The number of para-hydroxylation sites is 1. The van der Waals surface area contributed by atoms with Crippen LogP contribution in [0.25, 0.3) is 0 Å². The van der Waals surface area contributed by atoms with E-state index in [1.807, 2.05) is 6.92 Å². The number of nitrogens with zero attached hydrogens (tertiary/aromatic N) is 1. The fourth-order valence-electron chi connectivity index (χ4n) is 2.82. The topological polar surface area (TPSA) is 67.9 Å². The number of halogens is 1. The Morgan fingerprint density at radius 1 is 1.26 bits per heavy atom. The Labute approximate surface area is 156 Å². The summed E-state index contributed by atoms with van der Waals surface area (Å²) in [6.45, 7) is 3.17. The minimum atomic E-state index is -0.530. The summed E-state index contributed by atoms with van der Waals surface area (Å²) in [5, 5.41) is 2.66. The summed E-state index contributed by atoms with van der Waals surface area (Å²) in [6, 6.07) is 12.6. The van der Waals surface area contributed by atoms with E-state index in [1.54, 1.807) is 41.3 Å². The van der Waals surface area contributed by atoms with E-state index in [9.17, 15) is 14.0 Å². The molecule has 1 aliphatic heterocycles. The quantitative estimate of drug-likeness (QED) is 0.876. The van der Waals surface area contributed by atoms with Crippen molar-refractivity contribution in [2.75, 3.05) is 31.6 Å². The second kappa shape index (κ2) is 8.64. The predicted molar refractivity (Wildman–Crippen MR) is 98.3 cm³/mol. The van der Waals surface area contributed by atoms with Crippen LogP contribution in [0.5, 0.6) is 5.75 Å². The highest BCUT2D eigenvalue weighted by atomic mass is 19.1. The maximum atomic E-state index is 13.5. The van der Waals surface area contributed by atoms with Crippen molar-refractivity contribution in [1.29, 1.82) is 0 Å². The number of benzene rings is 2. The highest BCUT2D eigenvalue weighted by Crippen LogP contribution is 2.17. The average molecular weight is 372 g/mol. The van der Waals surface area contributed by atoms with Crippen LogP contribution in [0, 0.1) is 5.82 Å². The zero-order valence-electron chi connectivity index (χ0n) is 15.0. The molecule has 0 bridgehead atoms. The van der Waals surface area contributed by atoms with E-state index in [0.29, 0.717) is 30.9 Å². The highest BCUT2D eigenvalue weighted by Gasteiger charge is 2.22. The molecule has 3 rings (SSSR count). The largest absolute Gasteiger partial charge is 0.481 e. The van der Waals surface area contributed by atoms with Crippen LogP contribution in [0.2, 0.25) is 0 Å². The van der Waals surface area contributed by atoms with E-state index in [-0.39, 0.29) is 24.4 Å². The number of rotatable bonds is 5. The van der Waals surface area contributed by atoms with E-state index in [4.69, 9.17) is 9.47 Å². The van der Waals surface area contributed by atoms with Crippen molar-refractivity contribution in [3.05, 3.63) is 59.9 Å². The normalized spacial score (nSPS) is 16.7. The van der Waals surface area contributed by atoms with Crippen molar-refractivity contribution in [2.45, 2.75) is 13.0 Å². The molecule has 1 heterocycles. The first-order valence-corrected chi connectivity index (χ1v) is 8.71.